The molecule has 0 unspecified atom stereocenters. The minimum atomic E-state index is 0.396. The largest absolute Gasteiger partial charge is 0.504 e. The van der Waals surface area contributed by atoms with E-state index >= 15 is 0 Å². The average Bonchev–Trinajstić information content (AvgIpc) is 2.07. The molecule has 0 radical (unpaired) electrons. The first kappa shape index (κ1) is 5.54. The molecule has 0 atom stereocenters. The lowest BCUT2D eigenvalue weighted by Crippen LogP contribution is -1.69. The number of hydrogen-bond donors (Lipinski definition) is 0. The lowest BCUT2D eigenvalue weighted by atomic mass is 10.2. The fraction of sp³-hybridized carbons (Fsp3) is 0.111. The summed E-state index contributed by atoms with van der Waals surface area (Å²) in [6.07, 6.45) is 1.41. The van der Waals surface area contributed by atoms with Crippen LogP contribution < -0.4 is 0 Å². The van der Waals surface area contributed by atoms with Gasteiger partial charge in [0.25, 0.3) is 0 Å². The van der Waals surface area contributed by atoms with Crippen LogP contribution >= 0.6 is 0 Å². The van der Waals surface area contributed by atoms with Gasteiger partial charge in [-0.15, -0.1) is 0 Å². The summed E-state index contributed by atoms with van der Waals surface area (Å²) >= 11 is 0. The van der Waals surface area contributed by atoms with Crippen molar-refractivity contribution in [2.24, 2.45) is 0 Å². The molecule has 1 aromatic carbocycles. The second-order valence-corrected chi connectivity index (χ2v) is 1.86. The molecule has 0 aliphatic carbocycles. The van der Waals surface area contributed by atoms with Gasteiger partial charge in [0.05, 0.1) is 14.7 Å². The average molecular weight is 135 g/mol. The Morgan fingerprint density at radius 3 is 2.70 bits per heavy atom. The van der Waals surface area contributed by atoms with Crippen LogP contribution in [0.15, 0.2) is 36.6 Å². The highest BCUT2D eigenvalue weighted by molar-refractivity contribution is 5.47. The highest BCUT2D eigenvalue weighted by Crippen LogP contribution is 1.99. The summed E-state index contributed by atoms with van der Waals surface area (Å²) < 4.78 is 12.2. The Bertz CT molecular complexity index is 241. The Kier molecular flexibility index (Phi) is 2.06. The Hall–Kier alpha value is -1.24. The van der Waals surface area contributed by atoms with Gasteiger partial charge in [0.15, 0.2) is 0 Å². The van der Waals surface area contributed by atoms with Gasteiger partial charge in [0, 0.05) is 0 Å². The summed E-state index contributed by atoms with van der Waals surface area (Å²) in [6.45, 7) is 0. The molecule has 1 nitrogen and oxygen atoms in total. The third-order valence-corrected chi connectivity index (χ3v) is 1.12. The SMILES string of the molecule is [2H]/C(=C\OC)c1ccccc1. The van der Waals surface area contributed by atoms with Crippen molar-refractivity contribution in [2.45, 2.75) is 0 Å². The quantitative estimate of drug-likeness (QED) is 0.565. The second kappa shape index (κ2) is 3.72. The van der Waals surface area contributed by atoms with Crippen LogP contribution in [0.3, 0.4) is 0 Å². The van der Waals surface area contributed by atoms with Gasteiger partial charge in [-0.2, -0.15) is 0 Å². The lowest BCUT2D eigenvalue weighted by Gasteiger charge is -1.89. The molecule has 1 aromatic rings. The molecule has 0 aliphatic rings. The van der Waals surface area contributed by atoms with Crippen LogP contribution in [-0.4, -0.2) is 7.11 Å². The van der Waals surface area contributed by atoms with Gasteiger partial charge >= 0.3 is 0 Å². The van der Waals surface area contributed by atoms with Crippen molar-refractivity contribution in [1.29, 1.82) is 0 Å². The zero-order valence-corrected chi connectivity index (χ0v) is 5.87. The second-order valence-electron chi connectivity index (χ2n) is 1.86. The zero-order chi connectivity index (χ0) is 8.10. The van der Waals surface area contributed by atoms with Crippen molar-refractivity contribution in [1.82, 2.24) is 0 Å². The fourth-order valence-corrected chi connectivity index (χ4v) is 0.661. The summed E-state index contributed by atoms with van der Waals surface area (Å²) in [5.41, 5.74) is 0.870. The molecule has 0 amide bonds. The Labute approximate surface area is 62.4 Å². The van der Waals surface area contributed by atoms with E-state index in [-0.39, 0.29) is 0 Å². The zero-order valence-electron chi connectivity index (χ0n) is 6.87. The van der Waals surface area contributed by atoms with E-state index in [2.05, 4.69) is 0 Å². The third-order valence-electron chi connectivity index (χ3n) is 1.12. The van der Waals surface area contributed by atoms with Gasteiger partial charge in [0.1, 0.15) is 0 Å². The maximum absolute atomic E-state index is 7.45. The lowest BCUT2D eigenvalue weighted by molar-refractivity contribution is 0.341. The van der Waals surface area contributed by atoms with Crippen LogP contribution in [0, 0.1) is 0 Å². The van der Waals surface area contributed by atoms with E-state index in [0.29, 0.717) is 6.05 Å². The van der Waals surface area contributed by atoms with Gasteiger partial charge < -0.3 is 4.74 Å². The maximum Gasteiger partial charge on any atom is 0.0830 e. The van der Waals surface area contributed by atoms with Gasteiger partial charge in [-0.25, -0.2) is 0 Å². The highest BCUT2D eigenvalue weighted by Gasteiger charge is 1.79. The standard InChI is InChI=1S/C9H10O/c1-10-8-7-9-5-3-2-4-6-9/h2-8H,1H3/b8-7+/i7D. The van der Waals surface area contributed by atoms with Gasteiger partial charge in [-0.1, -0.05) is 30.3 Å². The molecule has 1 rings (SSSR count). The molecule has 0 aliphatic heterocycles. The van der Waals surface area contributed by atoms with Crippen molar-refractivity contribution in [3.63, 3.8) is 0 Å². The van der Waals surface area contributed by atoms with Crippen LogP contribution in [0.5, 0.6) is 0 Å². The molecular weight excluding hydrogens is 124 g/mol. The predicted molar refractivity (Wildman–Crippen MR) is 42.5 cm³/mol. The molecule has 10 heavy (non-hydrogen) atoms. The van der Waals surface area contributed by atoms with E-state index in [4.69, 9.17) is 6.11 Å². The van der Waals surface area contributed by atoms with E-state index in [1.54, 1.807) is 0 Å². The predicted octanol–water partition coefficient (Wildman–Crippen LogP) is 2.30. The first-order chi connectivity index (χ1) is 5.34. The van der Waals surface area contributed by atoms with Crippen LogP contribution in [-0.2, 0) is 4.74 Å². The number of methoxy groups -OCH3 is 1. The van der Waals surface area contributed by atoms with E-state index in [9.17, 15) is 0 Å². The molecule has 0 bridgehead atoms. The molecule has 1 heteroatoms. The molecule has 0 spiro atoms. The third kappa shape index (κ3) is 1.94. The monoisotopic (exact) mass is 135 g/mol. The highest BCUT2D eigenvalue weighted by atomic mass is 16.5. The van der Waals surface area contributed by atoms with Crippen LogP contribution in [0.4, 0.5) is 0 Å². The van der Waals surface area contributed by atoms with Crippen molar-refractivity contribution >= 4 is 6.05 Å². The number of rotatable bonds is 2. The normalized spacial score (nSPS) is 12.5. The van der Waals surface area contributed by atoms with Crippen LogP contribution in [0.2, 0.25) is 0 Å². The Morgan fingerprint density at radius 2 is 2.10 bits per heavy atom. The van der Waals surface area contributed by atoms with E-state index < -0.39 is 0 Å². The summed E-state index contributed by atoms with van der Waals surface area (Å²) in [5.74, 6) is 0. The van der Waals surface area contributed by atoms with Crippen molar-refractivity contribution in [3.8, 4) is 0 Å². The molecule has 0 N–H and O–H groups in total. The topological polar surface area (TPSA) is 9.23 Å². The summed E-state index contributed by atoms with van der Waals surface area (Å²) in [6, 6.07) is 9.85. The number of benzene rings is 1. The molecule has 52 valence electrons. The minimum Gasteiger partial charge on any atom is -0.504 e. The van der Waals surface area contributed by atoms with Gasteiger partial charge in [0.2, 0.25) is 0 Å². The Balaban J connectivity index is 2.85. The molecule has 0 saturated carbocycles. The number of ether oxygens (including phenoxy) is 1. The van der Waals surface area contributed by atoms with Crippen molar-refractivity contribution in [2.75, 3.05) is 7.11 Å². The molecule has 0 aromatic heterocycles. The first-order valence-electron chi connectivity index (χ1n) is 3.59. The molecule has 0 fully saturated rings. The van der Waals surface area contributed by atoms with Crippen LogP contribution in [0.25, 0.3) is 6.05 Å². The number of hydrogen-bond acceptors (Lipinski definition) is 1. The maximum atomic E-state index is 7.45. The molecular formula is C9H10O. The first-order valence-corrected chi connectivity index (χ1v) is 3.09. The van der Waals surface area contributed by atoms with Gasteiger partial charge in [-0.05, 0) is 11.6 Å². The van der Waals surface area contributed by atoms with E-state index in [1.807, 2.05) is 30.3 Å². The molecule has 0 saturated heterocycles. The fourth-order valence-electron chi connectivity index (χ4n) is 0.661. The van der Waals surface area contributed by atoms with Crippen LogP contribution in [0.1, 0.15) is 6.93 Å². The summed E-state index contributed by atoms with van der Waals surface area (Å²) in [5, 5.41) is 0. The molecule has 0 heterocycles. The summed E-state index contributed by atoms with van der Waals surface area (Å²) in [4.78, 5) is 0. The van der Waals surface area contributed by atoms with Gasteiger partial charge in [-0.3, -0.25) is 0 Å². The van der Waals surface area contributed by atoms with E-state index in [1.165, 1.54) is 13.4 Å². The summed E-state index contributed by atoms with van der Waals surface area (Å²) in [7, 11) is 1.54. The Morgan fingerprint density at radius 1 is 1.40 bits per heavy atom. The van der Waals surface area contributed by atoms with E-state index in [0.717, 1.165) is 5.56 Å². The van der Waals surface area contributed by atoms with Crippen molar-refractivity contribution < 1.29 is 6.11 Å². The van der Waals surface area contributed by atoms with Crippen molar-refractivity contribution in [3.05, 3.63) is 42.2 Å². The smallest absolute Gasteiger partial charge is 0.0830 e. The minimum absolute atomic E-state index is 0.396.